The Hall–Kier alpha value is -3.14. The Balaban J connectivity index is 1.16. The van der Waals surface area contributed by atoms with Crippen molar-refractivity contribution in [3.05, 3.63) is 47.3 Å². The summed E-state index contributed by atoms with van der Waals surface area (Å²) < 4.78 is 31.9. The third-order valence-electron chi connectivity index (χ3n) is 6.49. The van der Waals surface area contributed by atoms with Gasteiger partial charge in [-0.05, 0) is 43.4 Å². The van der Waals surface area contributed by atoms with Crippen molar-refractivity contribution in [1.82, 2.24) is 25.1 Å². The number of fused-ring (bicyclic) bond motifs is 1. The van der Waals surface area contributed by atoms with Gasteiger partial charge < -0.3 is 15.0 Å². The minimum absolute atomic E-state index is 0.0592. The molecule has 0 unspecified atom stereocenters. The highest BCUT2D eigenvalue weighted by atomic mass is 19.2. The van der Waals surface area contributed by atoms with Crippen LogP contribution >= 0.6 is 0 Å². The van der Waals surface area contributed by atoms with Gasteiger partial charge in [0.15, 0.2) is 17.3 Å². The van der Waals surface area contributed by atoms with Crippen LogP contribution in [0, 0.1) is 11.6 Å². The van der Waals surface area contributed by atoms with Gasteiger partial charge in [-0.1, -0.05) is 6.07 Å². The lowest BCUT2D eigenvalue weighted by Gasteiger charge is -2.32. The SMILES string of the molecule is O=C(Cc1ccc(F)c(F)c1)N1CCC(Nc2ncc3c(C4CCOCC4)[nH]nc3n2)CC1. The van der Waals surface area contributed by atoms with Gasteiger partial charge in [-0.15, -0.1) is 0 Å². The fraction of sp³-hybridized carbons (Fsp3) is 0.478. The number of piperidine rings is 1. The molecule has 5 rings (SSSR count). The van der Waals surface area contributed by atoms with Gasteiger partial charge in [0.1, 0.15) is 0 Å². The monoisotopic (exact) mass is 456 g/mol. The molecular formula is C23H26F2N6O2. The summed E-state index contributed by atoms with van der Waals surface area (Å²) in [5, 5.41) is 11.8. The molecule has 0 aliphatic carbocycles. The van der Waals surface area contributed by atoms with E-state index >= 15 is 0 Å². The van der Waals surface area contributed by atoms with E-state index in [2.05, 4.69) is 25.5 Å². The molecule has 0 spiro atoms. The molecule has 174 valence electrons. The van der Waals surface area contributed by atoms with Crippen LogP contribution in [-0.4, -0.2) is 63.3 Å². The number of likely N-dealkylation sites (tertiary alicyclic amines) is 1. The van der Waals surface area contributed by atoms with E-state index in [1.54, 1.807) is 4.90 Å². The fourth-order valence-electron chi connectivity index (χ4n) is 4.58. The van der Waals surface area contributed by atoms with E-state index in [-0.39, 0.29) is 18.4 Å². The Bertz CT molecular complexity index is 1140. The van der Waals surface area contributed by atoms with Crippen LogP contribution < -0.4 is 5.32 Å². The number of hydrogen-bond acceptors (Lipinski definition) is 6. The Labute approximate surface area is 189 Å². The summed E-state index contributed by atoms with van der Waals surface area (Å²) in [4.78, 5) is 23.4. The predicted molar refractivity (Wildman–Crippen MR) is 118 cm³/mol. The summed E-state index contributed by atoms with van der Waals surface area (Å²) in [6.07, 6.45) is 5.30. The van der Waals surface area contributed by atoms with Crippen molar-refractivity contribution in [3.63, 3.8) is 0 Å². The van der Waals surface area contributed by atoms with Gasteiger partial charge in [0.2, 0.25) is 11.9 Å². The number of benzene rings is 1. The van der Waals surface area contributed by atoms with E-state index in [9.17, 15) is 13.6 Å². The van der Waals surface area contributed by atoms with Crippen molar-refractivity contribution in [2.75, 3.05) is 31.6 Å². The molecule has 2 aliphatic heterocycles. The summed E-state index contributed by atoms with van der Waals surface area (Å²) in [5.74, 6) is -1.02. The molecule has 33 heavy (non-hydrogen) atoms. The zero-order valence-electron chi connectivity index (χ0n) is 18.2. The topological polar surface area (TPSA) is 96.0 Å². The molecule has 2 fully saturated rings. The molecule has 3 aromatic rings. The molecule has 0 atom stereocenters. The average molecular weight is 456 g/mol. The highest BCUT2D eigenvalue weighted by molar-refractivity contribution is 5.79. The number of carbonyl (C=O) groups excluding carboxylic acids is 1. The van der Waals surface area contributed by atoms with Crippen LogP contribution in [0.3, 0.4) is 0 Å². The van der Waals surface area contributed by atoms with E-state index in [1.165, 1.54) is 6.07 Å². The van der Waals surface area contributed by atoms with Gasteiger partial charge in [-0.25, -0.2) is 13.8 Å². The molecule has 0 saturated carbocycles. The first kappa shape index (κ1) is 21.7. The quantitative estimate of drug-likeness (QED) is 0.612. The Morgan fingerprint density at radius 2 is 1.94 bits per heavy atom. The number of aromatic nitrogens is 4. The van der Waals surface area contributed by atoms with Crippen molar-refractivity contribution in [3.8, 4) is 0 Å². The minimum Gasteiger partial charge on any atom is -0.381 e. The molecule has 4 heterocycles. The number of amides is 1. The van der Waals surface area contributed by atoms with Gasteiger partial charge >= 0.3 is 0 Å². The maximum Gasteiger partial charge on any atom is 0.226 e. The number of anilines is 1. The first-order valence-electron chi connectivity index (χ1n) is 11.3. The molecule has 10 heteroatoms. The second kappa shape index (κ2) is 9.38. The number of rotatable bonds is 5. The Kier molecular flexibility index (Phi) is 6.17. The fourth-order valence-corrected chi connectivity index (χ4v) is 4.58. The van der Waals surface area contributed by atoms with Crippen LogP contribution in [0.15, 0.2) is 24.4 Å². The maximum absolute atomic E-state index is 13.4. The van der Waals surface area contributed by atoms with Crippen LogP contribution in [0.5, 0.6) is 0 Å². The number of carbonyl (C=O) groups is 1. The normalized spacial score (nSPS) is 18.1. The van der Waals surface area contributed by atoms with Crippen LogP contribution in [0.1, 0.15) is 42.9 Å². The van der Waals surface area contributed by atoms with Crippen LogP contribution in [0.4, 0.5) is 14.7 Å². The van der Waals surface area contributed by atoms with Gasteiger partial charge in [-0.2, -0.15) is 10.1 Å². The third-order valence-corrected chi connectivity index (χ3v) is 6.49. The lowest BCUT2D eigenvalue weighted by molar-refractivity contribution is -0.131. The van der Waals surface area contributed by atoms with E-state index < -0.39 is 11.6 Å². The summed E-state index contributed by atoms with van der Waals surface area (Å²) >= 11 is 0. The van der Waals surface area contributed by atoms with Crippen molar-refractivity contribution in [2.45, 2.75) is 44.1 Å². The van der Waals surface area contributed by atoms with Crippen molar-refractivity contribution >= 4 is 22.9 Å². The molecule has 1 aromatic carbocycles. The van der Waals surface area contributed by atoms with Crippen molar-refractivity contribution in [2.24, 2.45) is 0 Å². The standard InChI is InChI=1S/C23H26F2N6O2/c24-18-2-1-14(11-19(18)25)12-20(32)31-7-3-16(4-8-31)27-23-26-13-17-21(29-30-22(17)28-23)15-5-9-33-10-6-15/h1-2,11,13,15-16H,3-10,12H2,(H2,26,27,28,29,30). The molecule has 2 N–H and O–H groups in total. The van der Waals surface area contributed by atoms with Gasteiger partial charge in [0.05, 0.1) is 11.8 Å². The average Bonchev–Trinajstić information content (AvgIpc) is 3.26. The third kappa shape index (κ3) is 4.80. The maximum atomic E-state index is 13.4. The van der Waals surface area contributed by atoms with Gasteiger partial charge in [0.25, 0.3) is 0 Å². The molecule has 2 aromatic heterocycles. The molecule has 0 radical (unpaired) electrons. The predicted octanol–water partition coefficient (Wildman–Crippen LogP) is 3.17. The second-order valence-corrected chi connectivity index (χ2v) is 8.68. The molecule has 2 aliphatic rings. The zero-order chi connectivity index (χ0) is 22.8. The molecule has 0 bridgehead atoms. The van der Waals surface area contributed by atoms with Crippen LogP contribution in [0.2, 0.25) is 0 Å². The lowest BCUT2D eigenvalue weighted by Crippen LogP contribution is -2.43. The highest BCUT2D eigenvalue weighted by Crippen LogP contribution is 2.30. The van der Waals surface area contributed by atoms with E-state index in [0.29, 0.717) is 36.2 Å². The van der Waals surface area contributed by atoms with Crippen molar-refractivity contribution < 1.29 is 18.3 Å². The smallest absolute Gasteiger partial charge is 0.226 e. The number of aromatic amines is 1. The molecule has 8 nitrogen and oxygen atoms in total. The van der Waals surface area contributed by atoms with Crippen LogP contribution in [-0.2, 0) is 16.0 Å². The first-order valence-corrected chi connectivity index (χ1v) is 11.3. The number of H-pyrrole nitrogens is 1. The number of nitrogens with zero attached hydrogens (tertiary/aromatic N) is 4. The molecular weight excluding hydrogens is 430 g/mol. The van der Waals surface area contributed by atoms with Gasteiger partial charge in [0, 0.05) is 50.2 Å². The zero-order valence-corrected chi connectivity index (χ0v) is 18.2. The summed E-state index contributed by atoms with van der Waals surface area (Å²) in [7, 11) is 0. The van der Waals surface area contributed by atoms with E-state index in [4.69, 9.17) is 4.74 Å². The number of halogens is 2. The number of nitrogens with one attached hydrogen (secondary N) is 2. The van der Waals surface area contributed by atoms with E-state index in [0.717, 1.165) is 62.1 Å². The Morgan fingerprint density at radius 1 is 1.15 bits per heavy atom. The largest absolute Gasteiger partial charge is 0.381 e. The van der Waals surface area contributed by atoms with Crippen LogP contribution in [0.25, 0.3) is 11.0 Å². The molecule has 2 saturated heterocycles. The summed E-state index contributed by atoms with van der Waals surface area (Å²) in [6.45, 7) is 2.68. The molecule has 1 amide bonds. The number of ether oxygens (including phenoxy) is 1. The minimum atomic E-state index is -0.933. The summed E-state index contributed by atoms with van der Waals surface area (Å²) in [6, 6.07) is 3.72. The number of hydrogen-bond donors (Lipinski definition) is 2. The summed E-state index contributed by atoms with van der Waals surface area (Å²) in [5.41, 5.74) is 2.20. The van der Waals surface area contributed by atoms with Gasteiger partial charge in [-0.3, -0.25) is 9.89 Å². The Morgan fingerprint density at radius 3 is 2.70 bits per heavy atom. The lowest BCUT2D eigenvalue weighted by atomic mass is 9.95. The second-order valence-electron chi connectivity index (χ2n) is 8.68. The van der Waals surface area contributed by atoms with Crippen molar-refractivity contribution in [1.29, 1.82) is 0 Å². The first-order chi connectivity index (χ1) is 16.1. The van der Waals surface area contributed by atoms with E-state index in [1.807, 2.05) is 6.20 Å². The highest BCUT2D eigenvalue weighted by Gasteiger charge is 2.25.